The van der Waals surface area contributed by atoms with Crippen LogP contribution in [0.15, 0.2) is 0 Å². The van der Waals surface area contributed by atoms with Crippen LogP contribution in [-0.4, -0.2) is 22.9 Å². The average Bonchev–Trinajstić information content (AvgIpc) is 2.72. The normalized spacial score (nSPS) is 15.9. The number of anilines is 1. The molecule has 1 aliphatic heterocycles. The number of hydrogen-bond acceptors (Lipinski definition) is 3. The molecule has 0 atom stereocenters. The van der Waals surface area contributed by atoms with Gasteiger partial charge in [0.05, 0.1) is 5.69 Å². The van der Waals surface area contributed by atoms with Crippen molar-refractivity contribution in [3.05, 3.63) is 11.3 Å². The Morgan fingerprint density at radius 1 is 1.36 bits per heavy atom. The smallest absolute Gasteiger partial charge is 0.144 e. The number of nitriles is 1. The predicted octanol–water partition coefficient (Wildman–Crippen LogP) is 1.20. The minimum Gasteiger partial charge on any atom is -0.356 e. The van der Waals surface area contributed by atoms with E-state index in [-0.39, 0.29) is 0 Å². The molecule has 1 aromatic rings. The molecule has 0 aliphatic carbocycles. The molecule has 0 aromatic carbocycles. The van der Waals surface area contributed by atoms with Crippen molar-refractivity contribution in [1.29, 1.82) is 5.26 Å². The molecule has 0 saturated carbocycles. The minimum absolute atomic E-state index is 0.731. The number of aryl methyl sites for hydroxylation is 2. The van der Waals surface area contributed by atoms with E-state index < -0.39 is 0 Å². The molecule has 0 radical (unpaired) electrons. The second kappa shape index (κ2) is 3.33. The van der Waals surface area contributed by atoms with Crippen molar-refractivity contribution in [2.45, 2.75) is 19.8 Å². The van der Waals surface area contributed by atoms with E-state index in [1.807, 2.05) is 18.7 Å². The zero-order valence-electron chi connectivity index (χ0n) is 8.62. The molecule has 14 heavy (non-hydrogen) atoms. The van der Waals surface area contributed by atoms with Gasteiger partial charge in [0, 0.05) is 20.1 Å². The van der Waals surface area contributed by atoms with Crippen LogP contribution in [0.2, 0.25) is 0 Å². The topological polar surface area (TPSA) is 44.9 Å². The Hall–Kier alpha value is -1.50. The Morgan fingerprint density at radius 3 is 2.57 bits per heavy atom. The summed E-state index contributed by atoms with van der Waals surface area (Å²) in [6, 6.07) is 2.24. The van der Waals surface area contributed by atoms with Crippen LogP contribution in [0.1, 0.15) is 24.1 Å². The van der Waals surface area contributed by atoms with Crippen LogP contribution in [-0.2, 0) is 7.05 Å². The molecule has 4 heteroatoms. The van der Waals surface area contributed by atoms with Crippen LogP contribution in [0.25, 0.3) is 0 Å². The first-order chi connectivity index (χ1) is 6.74. The third-order valence-corrected chi connectivity index (χ3v) is 2.71. The Labute approximate surface area is 83.7 Å². The molecule has 4 nitrogen and oxygen atoms in total. The molecule has 1 saturated heterocycles. The highest BCUT2D eigenvalue weighted by Gasteiger charge is 2.21. The molecule has 2 rings (SSSR count). The molecule has 0 unspecified atom stereocenters. The van der Waals surface area contributed by atoms with Gasteiger partial charge in [0.2, 0.25) is 0 Å². The van der Waals surface area contributed by atoms with Gasteiger partial charge in [0.1, 0.15) is 17.5 Å². The lowest BCUT2D eigenvalue weighted by molar-refractivity contribution is 0.731. The lowest BCUT2D eigenvalue weighted by atomic mass is 10.2. The summed E-state index contributed by atoms with van der Waals surface area (Å²) >= 11 is 0. The first kappa shape index (κ1) is 9.07. The molecule has 0 N–H and O–H groups in total. The molecule has 74 valence electrons. The number of hydrogen-bond donors (Lipinski definition) is 0. The zero-order chi connectivity index (χ0) is 10.1. The van der Waals surface area contributed by atoms with Crippen LogP contribution in [0.3, 0.4) is 0 Å². The summed E-state index contributed by atoms with van der Waals surface area (Å²) < 4.78 is 1.82. The van der Waals surface area contributed by atoms with E-state index in [2.05, 4.69) is 16.1 Å². The van der Waals surface area contributed by atoms with Gasteiger partial charge < -0.3 is 4.90 Å². The molecular formula is C10H14N4. The number of nitrogens with zero attached hydrogens (tertiary/aromatic N) is 4. The second-order valence-corrected chi connectivity index (χ2v) is 3.71. The quantitative estimate of drug-likeness (QED) is 0.668. The van der Waals surface area contributed by atoms with Crippen molar-refractivity contribution in [3.8, 4) is 6.07 Å². The maximum atomic E-state index is 9.04. The summed E-state index contributed by atoms with van der Waals surface area (Å²) in [6.45, 7) is 3.99. The summed E-state index contributed by atoms with van der Waals surface area (Å²) in [5.74, 6) is 0.988. The van der Waals surface area contributed by atoms with Gasteiger partial charge in [-0.1, -0.05) is 0 Å². The Balaban J connectivity index is 2.45. The van der Waals surface area contributed by atoms with E-state index in [4.69, 9.17) is 5.26 Å². The van der Waals surface area contributed by atoms with Crippen LogP contribution in [0.4, 0.5) is 5.82 Å². The summed E-state index contributed by atoms with van der Waals surface area (Å²) in [4.78, 5) is 2.25. The Bertz CT molecular complexity index is 380. The zero-order valence-corrected chi connectivity index (χ0v) is 8.62. The Morgan fingerprint density at radius 2 is 2.00 bits per heavy atom. The lowest BCUT2D eigenvalue weighted by Gasteiger charge is -2.17. The number of rotatable bonds is 1. The van der Waals surface area contributed by atoms with Gasteiger partial charge >= 0.3 is 0 Å². The van der Waals surface area contributed by atoms with Gasteiger partial charge in [0.25, 0.3) is 0 Å². The van der Waals surface area contributed by atoms with Crippen molar-refractivity contribution < 1.29 is 0 Å². The fraction of sp³-hybridized carbons (Fsp3) is 0.600. The van der Waals surface area contributed by atoms with E-state index >= 15 is 0 Å². The van der Waals surface area contributed by atoms with E-state index in [1.54, 1.807) is 0 Å². The van der Waals surface area contributed by atoms with Gasteiger partial charge in [-0.3, -0.25) is 4.68 Å². The third-order valence-electron chi connectivity index (χ3n) is 2.71. The molecule has 0 spiro atoms. The van der Waals surface area contributed by atoms with Crippen molar-refractivity contribution in [1.82, 2.24) is 9.78 Å². The van der Waals surface area contributed by atoms with Gasteiger partial charge in [-0.05, 0) is 19.8 Å². The third kappa shape index (κ3) is 1.25. The standard InChI is InChI=1S/C10H14N4/c1-8-9(7-11)10(13(2)12-8)14-5-3-4-6-14/h3-6H2,1-2H3. The van der Waals surface area contributed by atoms with E-state index in [0.29, 0.717) is 0 Å². The van der Waals surface area contributed by atoms with Crippen LogP contribution < -0.4 is 4.90 Å². The molecule has 1 aromatic heterocycles. The molecule has 0 amide bonds. The SMILES string of the molecule is Cc1nn(C)c(N2CCCC2)c1C#N. The van der Waals surface area contributed by atoms with Crippen LogP contribution in [0.5, 0.6) is 0 Å². The summed E-state index contributed by atoms with van der Waals surface area (Å²) in [7, 11) is 1.90. The Kier molecular flexibility index (Phi) is 2.16. The van der Waals surface area contributed by atoms with E-state index in [0.717, 1.165) is 30.2 Å². The van der Waals surface area contributed by atoms with Crippen molar-refractivity contribution >= 4 is 5.82 Å². The predicted molar refractivity (Wildman–Crippen MR) is 54.1 cm³/mol. The highest BCUT2D eigenvalue weighted by Crippen LogP contribution is 2.25. The molecule has 1 fully saturated rings. The molecular weight excluding hydrogens is 176 g/mol. The summed E-state index contributed by atoms with van der Waals surface area (Å²) in [6.07, 6.45) is 2.43. The fourth-order valence-corrected chi connectivity index (χ4v) is 2.07. The van der Waals surface area contributed by atoms with Gasteiger partial charge in [-0.15, -0.1) is 0 Å². The van der Waals surface area contributed by atoms with Crippen molar-refractivity contribution in [2.75, 3.05) is 18.0 Å². The van der Waals surface area contributed by atoms with Crippen LogP contribution >= 0.6 is 0 Å². The monoisotopic (exact) mass is 190 g/mol. The van der Waals surface area contributed by atoms with Crippen LogP contribution in [0, 0.1) is 18.3 Å². The summed E-state index contributed by atoms with van der Waals surface area (Å²) in [5, 5.41) is 13.3. The maximum absolute atomic E-state index is 9.04. The van der Waals surface area contributed by atoms with Crippen molar-refractivity contribution in [2.24, 2.45) is 7.05 Å². The highest BCUT2D eigenvalue weighted by molar-refractivity contribution is 5.57. The highest BCUT2D eigenvalue weighted by atomic mass is 15.4. The lowest BCUT2D eigenvalue weighted by Crippen LogP contribution is -2.21. The largest absolute Gasteiger partial charge is 0.356 e. The average molecular weight is 190 g/mol. The van der Waals surface area contributed by atoms with Gasteiger partial charge in [0.15, 0.2) is 0 Å². The molecule has 0 bridgehead atoms. The first-order valence-corrected chi connectivity index (χ1v) is 4.92. The van der Waals surface area contributed by atoms with E-state index in [1.165, 1.54) is 12.8 Å². The van der Waals surface area contributed by atoms with Gasteiger partial charge in [-0.2, -0.15) is 10.4 Å². The molecule has 2 heterocycles. The van der Waals surface area contributed by atoms with E-state index in [9.17, 15) is 0 Å². The minimum atomic E-state index is 0.731. The fourth-order valence-electron chi connectivity index (χ4n) is 2.07. The van der Waals surface area contributed by atoms with Gasteiger partial charge in [-0.25, -0.2) is 0 Å². The number of aromatic nitrogens is 2. The molecule has 1 aliphatic rings. The first-order valence-electron chi connectivity index (χ1n) is 4.92. The second-order valence-electron chi connectivity index (χ2n) is 3.71. The van der Waals surface area contributed by atoms with Crippen molar-refractivity contribution in [3.63, 3.8) is 0 Å². The maximum Gasteiger partial charge on any atom is 0.144 e. The summed E-state index contributed by atoms with van der Waals surface area (Å²) in [5.41, 5.74) is 1.56.